The molecule has 3 heterocycles. The van der Waals surface area contributed by atoms with Gasteiger partial charge in [0.15, 0.2) is 5.65 Å². The number of pyridine rings is 1. The zero-order valence-corrected chi connectivity index (χ0v) is 15.5. The predicted molar refractivity (Wildman–Crippen MR) is 106 cm³/mol. The van der Waals surface area contributed by atoms with E-state index in [4.69, 9.17) is 0 Å². The number of H-pyrrole nitrogens is 1. The molecular formula is C20H22N6O. The van der Waals surface area contributed by atoms with Crippen molar-refractivity contribution in [2.45, 2.75) is 33.1 Å². The van der Waals surface area contributed by atoms with Crippen molar-refractivity contribution in [1.82, 2.24) is 24.6 Å². The van der Waals surface area contributed by atoms with Gasteiger partial charge in [0.25, 0.3) is 0 Å². The third-order valence-corrected chi connectivity index (χ3v) is 4.10. The average Bonchev–Trinajstić information content (AvgIpc) is 3.15. The fourth-order valence-electron chi connectivity index (χ4n) is 2.76. The van der Waals surface area contributed by atoms with E-state index < -0.39 is 0 Å². The minimum atomic E-state index is -0.133. The first-order chi connectivity index (χ1) is 13.2. The Balaban J connectivity index is 1.66. The lowest BCUT2D eigenvalue weighted by Gasteiger charge is -2.06. The van der Waals surface area contributed by atoms with Gasteiger partial charge in [-0.25, -0.2) is 4.98 Å². The maximum Gasteiger partial charge on any atom is 0.248 e. The van der Waals surface area contributed by atoms with Crippen LogP contribution in [0.1, 0.15) is 37.2 Å². The molecule has 0 amide bonds. The standard InChI is InChI=1S/C20H22N6O/c1-3-8-16-18(22-13-26-14-23-25-20(16)26)9-5-4-6-12-21-15(2)17-10-7-11-19(27)24-17/h4-7,10-14H,3,8-9H2,1-2H3,(H,24,27)/b5-4-,12-6-,21-15?. The Morgan fingerprint density at radius 1 is 1.30 bits per heavy atom. The molecule has 7 nitrogen and oxygen atoms in total. The van der Waals surface area contributed by atoms with Gasteiger partial charge in [0.1, 0.15) is 12.7 Å². The van der Waals surface area contributed by atoms with Gasteiger partial charge in [0.05, 0.1) is 17.1 Å². The van der Waals surface area contributed by atoms with Crippen LogP contribution in [0.15, 0.2) is 65.1 Å². The fourth-order valence-corrected chi connectivity index (χ4v) is 2.76. The van der Waals surface area contributed by atoms with Crippen molar-refractivity contribution in [3.8, 4) is 0 Å². The van der Waals surface area contributed by atoms with E-state index in [2.05, 4.69) is 32.1 Å². The van der Waals surface area contributed by atoms with Crippen molar-refractivity contribution in [1.29, 1.82) is 0 Å². The number of aliphatic imine (C=N–C) groups is 1. The Morgan fingerprint density at radius 3 is 3.00 bits per heavy atom. The minimum Gasteiger partial charge on any atom is -0.321 e. The number of aromatic nitrogens is 5. The monoisotopic (exact) mass is 362 g/mol. The van der Waals surface area contributed by atoms with Crippen molar-refractivity contribution in [3.63, 3.8) is 0 Å². The van der Waals surface area contributed by atoms with Crippen LogP contribution < -0.4 is 5.56 Å². The van der Waals surface area contributed by atoms with E-state index in [1.165, 1.54) is 6.07 Å². The second-order valence-corrected chi connectivity index (χ2v) is 6.10. The third-order valence-electron chi connectivity index (χ3n) is 4.10. The zero-order valence-electron chi connectivity index (χ0n) is 15.5. The van der Waals surface area contributed by atoms with Gasteiger partial charge < -0.3 is 4.98 Å². The van der Waals surface area contributed by atoms with E-state index in [1.807, 2.05) is 35.6 Å². The molecule has 0 bridgehead atoms. The quantitative estimate of drug-likeness (QED) is 0.517. The number of fused-ring (bicyclic) bond motifs is 1. The number of hydrogen-bond acceptors (Lipinski definition) is 5. The Labute approximate surface area is 157 Å². The van der Waals surface area contributed by atoms with Crippen LogP contribution in [-0.2, 0) is 12.8 Å². The van der Waals surface area contributed by atoms with Crippen LogP contribution in [0, 0.1) is 0 Å². The lowest BCUT2D eigenvalue weighted by molar-refractivity contribution is 0.870. The second kappa shape index (κ2) is 8.84. The SMILES string of the molecule is CCCc1c(C/C=C\C=C/N=C(C)c2cccc(=O)[nH]2)ncn2cnnc12. The van der Waals surface area contributed by atoms with E-state index >= 15 is 0 Å². The van der Waals surface area contributed by atoms with E-state index in [1.54, 1.807) is 24.9 Å². The van der Waals surface area contributed by atoms with Crippen molar-refractivity contribution in [3.05, 3.63) is 82.6 Å². The van der Waals surface area contributed by atoms with Crippen molar-refractivity contribution in [2.75, 3.05) is 0 Å². The molecule has 0 aliphatic carbocycles. The Kier molecular flexibility index (Phi) is 6.04. The van der Waals surface area contributed by atoms with Gasteiger partial charge in [-0.2, -0.15) is 0 Å². The van der Waals surface area contributed by atoms with Crippen LogP contribution in [0.25, 0.3) is 5.65 Å². The van der Waals surface area contributed by atoms with Crippen LogP contribution in [0.2, 0.25) is 0 Å². The van der Waals surface area contributed by atoms with Gasteiger partial charge in [0, 0.05) is 24.3 Å². The van der Waals surface area contributed by atoms with Crippen LogP contribution in [0.5, 0.6) is 0 Å². The summed E-state index contributed by atoms with van der Waals surface area (Å²) in [5.41, 5.74) is 4.37. The summed E-state index contributed by atoms with van der Waals surface area (Å²) in [7, 11) is 0. The van der Waals surface area contributed by atoms with Gasteiger partial charge in [0.2, 0.25) is 5.56 Å². The predicted octanol–water partition coefficient (Wildman–Crippen LogP) is 2.89. The fraction of sp³-hybridized carbons (Fsp3) is 0.250. The molecule has 3 aromatic heterocycles. The Hall–Kier alpha value is -3.35. The normalized spacial score (nSPS) is 12.6. The topological polar surface area (TPSA) is 88.3 Å². The van der Waals surface area contributed by atoms with E-state index in [-0.39, 0.29) is 5.56 Å². The highest BCUT2D eigenvalue weighted by Crippen LogP contribution is 2.15. The van der Waals surface area contributed by atoms with Gasteiger partial charge >= 0.3 is 0 Å². The molecular weight excluding hydrogens is 340 g/mol. The van der Waals surface area contributed by atoms with Gasteiger partial charge in [-0.15, -0.1) is 10.2 Å². The van der Waals surface area contributed by atoms with Gasteiger partial charge in [-0.1, -0.05) is 31.6 Å². The molecule has 0 unspecified atom stereocenters. The molecule has 0 fully saturated rings. The highest BCUT2D eigenvalue weighted by molar-refractivity contribution is 5.97. The van der Waals surface area contributed by atoms with E-state index in [0.29, 0.717) is 5.69 Å². The molecule has 3 rings (SSSR count). The molecule has 0 spiro atoms. The number of aryl methyl sites for hydroxylation is 1. The Bertz CT molecular complexity index is 1060. The molecule has 0 radical (unpaired) electrons. The van der Waals surface area contributed by atoms with Crippen molar-refractivity contribution >= 4 is 11.4 Å². The minimum absolute atomic E-state index is 0.133. The molecule has 27 heavy (non-hydrogen) atoms. The summed E-state index contributed by atoms with van der Waals surface area (Å²) >= 11 is 0. The van der Waals surface area contributed by atoms with E-state index in [9.17, 15) is 4.79 Å². The summed E-state index contributed by atoms with van der Waals surface area (Å²) in [5, 5.41) is 8.16. The maximum absolute atomic E-state index is 11.3. The van der Waals surface area contributed by atoms with E-state index in [0.717, 1.165) is 41.9 Å². The van der Waals surface area contributed by atoms with Crippen molar-refractivity contribution < 1.29 is 0 Å². The second-order valence-electron chi connectivity index (χ2n) is 6.10. The first kappa shape index (κ1) is 18.4. The number of rotatable bonds is 7. The molecule has 0 saturated carbocycles. The molecule has 7 heteroatoms. The lowest BCUT2D eigenvalue weighted by Crippen LogP contribution is -2.09. The molecule has 0 atom stereocenters. The third kappa shape index (κ3) is 4.63. The Morgan fingerprint density at radius 2 is 2.19 bits per heavy atom. The lowest BCUT2D eigenvalue weighted by atomic mass is 10.1. The number of hydrogen-bond donors (Lipinski definition) is 1. The summed E-state index contributed by atoms with van der Waals surface area (Å²) in [6.45, 7) is 4.00. The molecule has 0 aliphatic heterocycles. The summed E-state index contributed by atoms with van der Waals surface area (Å²) in [6, 6.07) is 5.02. The smallest absolute Gasteiger partial charge is 0.248 e. The largest absolute Gasteiger partial charge is 0.321 e. The molecule has 1 N–H and O–H groups in total. The van der Waals surface area contributed by atoms with Crippen molar-refractivity contribution in [2.24, 2.45) is 4.99 Å². The first-order valence-electron chi connectivity index (χ1n) is 8.91. The molecule has 0 aliphatic rings. The molecule has 0 aromatic carbocycles. The highest BCUT2D eigenvalue weighted by atomic mass is 16.1. The number of nitrogens with zero attached hydrogens (tertiary/aromatic N) is 5. The summed E-state index contributed by atoms with van der Waals surface area (Å²) in [4.78, 5) is 23.0. The summed E-state index contributed by atoms with van der Waals surface area (Å²) in [6.07, 6.45) is 13.6. The molecule has 0 saturated heterocycles. The number of allylic oxidation sites excluding steroid dienone is 3. The maximum atomic E-state index is 11.3. The number of aromatic amines is 1. The molecule has 3 aromatic rings. The average molecular weight is 362 g/mol. The number of nitrogens with one attached hydrogen (secondary N) is 1. The summed E-state index contributed by atoms with van der Waals surface area (Å²) in [5.74, 6) is 0. The van der Waals surface area contributed by atoms with Crippen LogP contribution in [-0.4, -0.2) is 30.3 Å². The van der Waals surface area contributed by atoms with Crippen LogP contribution in [0.3, 0.4) is 0 Å². The zero-order chi connectivity index (χ0) is 19.1. The summed E-state index contributed by atoms with van der Waals surface area (Å²) < 4.78 is 1.85. The van der Waals surface area contributed by atoms with Gasteiger partial charge in [-0.05, 0) is 25.5 Å². The first-order valence-corrected chi connectivity index (χ1v) is 8.91. The van der Waals surface area contributed by atoms with Crippen LogP contribution >= 0.6 is 0 Å². The van der Waals surface area contributed by atoms with Gasteiger partial charge in [-0.3, -0.25) is 14.2 Å². The van der Waals surface area contributed by atoms with Crippen LogP contribution in [0.4, 0.5) is 0 Å². The highest BCUT2D eigenvalue weighted by Gasteiger charge is 2.09. The molecule has 138 valence electrons.